The van der Waals surface area contributed by atoms with Gasteiger partial charge >= 0.3 is 0 Å². The zero-order chi connectivity index (χ0) is 16.1. The molecule has 2 aromatic rings. The molecule has 0 heterocycles. The quantitative estimate of drug-likeness (QED) is 0.853. The average Bonchev–Trinajstić information content (AvgIpc) is 2.50. The number of halogens is 2. The van der Waals surface area contributed by atoms with Gasteiger partial charge in [0, 0.05) is 10.9 Å². The molecule has 0 saturated carbocycles. The van der Waals surface area contributed by atoms with Gasteiger partial charge in [0.1, 0.15) is 5.82 Å². The molecule has 5 heteroatoms. The fourth-order valence-electron chi connectivity index (χ4n) is 2.08. The first-order valence-electron chi connectivity index (χ1n) is 6.95. The molecule has 0 radical (unpaired) electrons. The van der Waals surface area contributed by atoms with E-state index in [1.165, 1.54) is 12.1 Å². The lowest BCUT2D eigenvalue weighted by Crippen LogP contribution is -2.42. The van der Waals surface area contributed by atoms with Crippen molar-refractivity contribution in [2.45, 2.75) is 25.5 Å². The molecule has 3 nitrogen and oxygen atoms in total. The highest BCUT2D eigenvalue weighted by atomic mass is 79.9. The predicted molar refractivity (Wildman–Crippen MR) is 87.2 cm³/mol. The van der Waals surface area contributed by atoms with E-state index >= 15 is 0 Å². The van der Waals surface area contributed by atoms with Crippen LogP contribution in [0.15, 0.2) is 53.0 Å². The molecule has 2 aromatic carbocycles. The van der Waals surface area contributed by atoms with Gasteiger partial charge in [-0.05, 0) is 46.6 Å². The van der Waals surface area contributed by atoms with Gasteiger partial charge in [0.25, 0.3) is 5.91 Å². The first-order chi connectivity index (χ1) is 10.5. The fourth-order valence-corrected chi connectivity index (χ4v) is 2.51. The summed E-state index contributed by atoms with van der Waals surface area (Å²) in [6.07, 6.45) is -0.286. The Kier molecular flexibility index (Phi) is 5.69. The van der Waals surface area contributed by atoms with Gasteiger partial charge < -0.3 is 10.4 Å². The highest BCUT2D eigenvalue weighted by molar-refractivity contribution is 9.10. The standard InChI is InChI=1S/C17H17BrFNO2/c1-11(16(21)9-12-5-3-2-4-6-12)20-17(22)14-10-13(19)7-8-15(14)18/h2-8,10-11,16,21H,9H2,1H3,(H,20,22)/t11-,16+/m0/s1. The van der Waals surface area contributed by atoms with Gasteiger partial charge in [0.15, 0.2) is 0 Å². The van der Waals surface area contributed by atoms with Crippen molar-refractivity contribution in [1.82, 2.24) is 5.32 Å². The number of benzene rings is 2. The molecule has 0 saturated heterocycles. The zero-order valence-electron chi connectivity index (χ0n) is 12.1. The minimum atomic E-state index is -0.723. The summed E-state index contributed by atoms with van der Waals surface area (Å²) in [5, 5.41) is 12.9. The van der Waals surface area contributed by atoms with Crippen LogP contribution < -0.4 is 5.32 Å². The van der Waals surface area contributed by atoms with E-state index in [4.69, 9.17) is 0 Å². The van der Waals surface area contributed by atoms with Crippen LogP contribution in [0.3, 0.4) is 0 Å². The van der Waals surface area contributed by atoms with Gasteiger partial charge in [-0.15, -0.1) is 0 Å². The van der Waals surface area contributed by atoms with Gasteiger partial charge in [0.05, 0.1) is 17.7 Å². The third-order valence-corrected chi connectivity index (χ3v) is 4.09. The monoisotopic (exact) mass is 365 g/mol. The van der Waals surface area contributed by atoms with Crippen LogP contribution in [0.25, 0.3) is 0 Å². The number of aliphatic hydroxyl groups is 1. The molecule has 0 unspecified atom stereocenters. The van der Waals surface area contributed by atoms with Crippen molar-refractivity contribution >= 4 is 21.8 Å². The topological polar surface area (TPSA) is 49.3 Å². The number of hydrogen-bond donors (Lipinski definition) is 2. The van der Waals surface area contributed by atoms with Crippen LogP contribution >= 0.6 is 15.9 Å². The minimum Gasteiger partial charge on any atom is -0.391 e. The van der Waals surface area contributed by atoms with E-state index in [2.05, 4.69) is 21.2 Å². The SMILES string of the molecule is C[C@H](NC(=O)c1cc(F)ccc1Br)[C@H](O)Cc1ccccc1. The Morgan fingerprint density at radius 1 is 1.27 bits per heavy atom. The van der Waals surface area contributed by atoms with Gasteiger partial charge in [0.2, 0.25) is 0 Å². The second-order valence-electron chi connectivity index (χ2n) is 5.14. The number of carbonyl (C=O) groups excluding carboxylic acids is 1. The lowest BCUT2D eigenvalue weighted by molar-refractivity contribution is 0.0850. The summed E-state index contributed by atoms with van der Waals surface area (Å²) < 4.78 is 13.8. The lowest BCUT2D eigenvalue weighted by Gasteiger charge is -2.20. The van der Waals surface area contributed by atoms with Crippen molar-refractivity contribution in [3.8, 4) is 0 Å². The van der Waals surface area contributed by atoms with Gasteiger partial charge in [-0.3, -0.25) is 4.79 Å². The molecular weight excluding hydrogens is 349 g/mol. The Balaban J connectivity index is 2.00. The van der Waals surface area contributed by atoms with E-state index < -0.39 is 23.9 Å². The van der Waals surface area contributed by atoms with Crippen LogP contribution in [0.5, 0.6) is 0 Å². The number of aliphatic hydroxyl groups excluding tert-OH is 1. The van der Waals surface area contributed by atoms with Crippen molar-refractivity contribution in [2.75, 3.05) is 0 Å². The van der Waals surface area contributed by atoms with Crippen molar-refractivity contribution in [1.29, 1.82) is 0 Å². The van der Waals surface area contributed by atoms with Crippen molar-refractivity contribution in [3.63, 3.8) is 0 Å². The smallest absolute Gasteiger partial charge is 0.252 e. The number of amides is 1. The summed E-state index contributed by atoms with van der Waals surface area (Å²) in [6.45, 7) is 1.72. The van der Waals surface area contributed by atoms with E-state index in [1.807, 2.05) is 30.3 Å². The van der Waals surface area contributed by atoms with Crippen molar-refractivity contribution in [3.05, 3.63) is 69.9 Å². The largest absolute Gasteiger partial charge is 0.391 e. The molecule has 0 aromatic heterocycles. The van der Waals surface area contributed by atoms with Crippen molar-refractivity contribution < 1.29 is 14.3 Å². The summed E-state index contributed by atoms with van der Waals surface area (Å²) in [7, 11) is 0. The Morgan fingerprint density at radius 2 is 1.95 bits per heavy atom. The second-order valence-corrected chi connectivity index (χ2v) is 6.00. The molecule has 0 bridgehead atoms. The van der Waals surface area contributed by atoms with Crippen LogP contribution in [0.1, 0.15) is 22.8 Å². The summed E-state index contributed by atoms with van der Waals surface area (Å²) in [5.74, 6) is -0.906. The average molecular weight is 366 g/mol. The van der Waals surface area contributed by atoms with E-state index in [-0.39, 0.29) is 5.56 Å². The highest BCUT2D eigenvalue weighted by Crippen LogP contribution is 2.18. The molecule has 0 spiro atoms. The first-order valence-corrected chi connectivity index (χ1v) is 7.74. The highest BCUT2D eigenvalue weighted by Gasteiger charge is 2.19. The number of carbonyl (C=O) groups is 1. The maximum Gasteiger partial charge on any atom is 0.252 e. The van der Waals surface area contributed by atoms with Crippen molar-refractivity contribution in [2.24, 2.45) is 0 Å². The van der Waals surface area contributed by atoms with Gasteiger partial charge in [-0.25, -0.2) is 4.39 Å². The Morgan fingerprint density at radius 3 is 2.64 bits per heavy atom. The Bertz CT molecular complexity index is 648. The lowest BCUT2D eigenvalue weighted by atomic mass is 10.0. The van der Waals surface area contributed by atoms with E-state index in [9.17, 15) is 14.3 Å². The Labute approximate surface area is 137 Å². The molecule has 2 rings (SSSR count). The molecule has 2 atom stereocenters. The molecule has 0 aliphatic heterocycles. The Hall–Kier alpha value is -1.72. The first kappa shape index (κ1) is 16.6. The maximum atomic E-state index is 13.2. The predicted octanol–water partition coefficient (Wildman–Crippen LogP) is 3.31. The summed E-state index contributed by atoms with van der Waals surface area (Å²) in [5.41, 5.74) is 1.20. The fraction of sp³-hybridized carbons (Fsp3) is 0.235. The minimum absolute atomic E-state index is 0.207. The van der Waals surface area contributed by atoms with E-state index in [0.29, 0.717) is 10.9 Å². The number of rotatable bonds is 5. The third-order valence-electron chi connectivity index (χ3n) is 3.40. The summed E-state index contributed by atoms with van der Waals surface area (Å²) in [4.78, 5) is 12.2. The summed E-state index contributed by atoms with van der Waals surface area (Å²) in [6, 6.07) is 13.0. The number of hydrogen-bond acceptors (Lipinski definition) is 2. The van der Waals surface area contributed by atoms with Crippen LogP contribution in [0.4, 0.5) is 4.39 Å². The number of nitrogens with one attached hydrogen (secondary N) is 1. The zero-order valence-corrected chi connectivity index (χ0v) is 13.7. The molecule has 22 heavy (non-hydrogen) atoms. The molecule has 2 N–H and O–H groups in total. The second kappa shape index (κ2) is 7.51. The van der Waals surface area contributed by atoms with Crippen LogP contribution in [-0.2, 0) is 6.42 Å². The van der Waals surface area contributed by atoms with Gasteiger partial charge in [-0.2, -0.15) is 0 Å². The molecule has 0 fully saturated rings. The normalized spacial score (nSPS) is 13.5. The van der Waals surface area contributed by atoms with Crippen LogP contribution in [0.2, 0.25) is 0 Å². The molecule has 116 valence electrons. The summed E-state index contributed by atoms with van der Waals surface area (Å²) >= 11 is 3.22. The van der Waals surface area contributed by atoms with Crippen LogP contribution in [-0.4, -0.2) is 23.2 Å². The third kappa shape index (κ3) is 4.39. The van der Waals surface area contributed by atoms with Gasteiger partial charge in [-0.1, -0.05) is 30.3 Å². The van der Waals surface area contributed by atoms with E-state index in [0.717, 1.165) is 11.6 Å². The molecule has 1 amide bonds. The molecule has 0 aliphatic rings. The molecular formula is C17H17BrFNO2. The molecule has 0 aliphatic carbocycles. The maximum absolute atomic E-state index is 13.2. The van der Waals surface area contributed by atoms with Crippen LogP contribution in [0, 0.1) is 5.82 Å². The van der Waals surface area contributed by atoms with E-state index in [1.54, 1.807) is 6.92 Å².